The van der Waals surface area contributed by atoms with Crippen LogP contribution in [0.5, 0.6) is 0 Å². The lowest BCUT2D eigenvalue weighted by Crippen LogP contribution is -2.33. The van der Waals surface area contributed by atoms with Gasteiger partial charge in [-0.1, -0.05) is 25.0 Å². The smallest absolute Gasteiger partial charge is 0.257 e. The Morgan fingerprint density at radius 1 is 1.04 bits per heavy atom. The number of amides is 2. The Balaban J connectivity index is 1.63. The first-order valence-electron chi connectivity index (χ1n) is 9.65. The number of likely N-dealkylation sites (tertiary alicyclic amines) is 1. The summed E-state index contributed by atoms with van der Waals surface area (Å²) < 4.78 is 0. The van der Waals surface area contributed by atoms with Gasteiger partial charge in [0.15, 0.2) is 5.82 Å². The van der Waals surface area contributed by atoms with Crippen LogP contribution < -0.4 is 10.2 Å². The highest BCUT2D eigenvalue weighted by Crippen LogP contribution is 2.36. The molecule has 3 heterocycles. The van der Waals surface area contributed by atoms with Crippen LogP contribution in [0.1, 0.15) is 42.5 Å². The zero-order valence-corrected chi connectivity index (χ0v) is 15.4. The standard InChI is InChI=1S/C21H24N4O2/c26-19(11-15-24-13-5-1-2-6-14-24)25-18-10-4-3-8-16(18)21(27)23-17-9-7-12-22-20(17)25/h3-4,7-10,12H,1-2,5-6,11,13-15H2,(H,23,27). The molecule has 1 aromatic heterocycles. The number of hydrogen-bond donors (Lipinski definition) is 1. The van der Waals surface area contributed by atoms with E-state index in [1.165, 1.54) is 25.7 Å². The molecule has 2 aliphatic heterocycles. The Morgan fingerprint density at radius 2 is 1.81 bits per heavy atom. The Hall–Kier alpha value is -2.73. The van der Waals surface area contributed by atoms with Gasteiger partial charge in [-0.15, -0.1) is 0 Å². The molecule has 6 nitrogen and oxygen atoms in total. The fourth-order valence-corrected chi connectivity index (χ4v) is 3.81. The van der Waals surface area contributed by atoms with Crippen LogP contribution in [0.25, 0.3) is 0 Å². The average molecular weight is 364 g/mol. The fraction of sp³-hybridized carbons (Fsp3) is 0.381. The number of anilines is 3. The van der Waals surface area contributed by atoms with Gasteiger partial charge >= 0.3 is 0 Å². The van der Waals surface area contributed by atoms with Gasteiger partial charge in [-0.2, -0.15) is 0 Å². The van der Waals surface area contributed by atoms with Crippen LogP contribution in [0.15, 0.2) is 42.6 Å². The van der Waals surface area contributed by atoms with Crippen molar-refractivity contribution in [2.24, 2.45) is 0 Å². The Morgan fingerprint density at radius 3 is 2.63 bits per heavy atom. The second-order valence-electron chi connectivity index (χ2n) is 7.08. The van der Waals surface area contributed by atoms with Crippen LogP contribution in [0.4, 0.5) is 17.2 Å². The molecule has 1 N–H and O–H groups in total. The molecule has 0 radical (unpaired) electrons. The predicted octanol–water partition coefficient (Wildman–Crippen LogP) is 3.58. The monoisotopic (exact) mass is 364 g/mol. The SMILES string of the molecule is O=C1Nc2cccnc2N(C(=O)CCN2CCCCCC2)c2ccccc21. The molecule has 4 rings (SSSR count). The number of carbonyl (C=O) groups excluding carboxylic acids is 2. The molecule has 2 amide bonds. The minimum atomic E-state index is -0.220. The lowest BCUT2D eigenvalue weighted by Gasteiger charge is -2.25. The molecule has 140 valence electrons. The van der Waals surface area contributed by atoms with Crippen LogP contribution in [-0.2, 0) is 4.79 Å². The van der Waals surface area contributed by atoms with Crippen molar-refractivity contribution in [2.45, 2.75) is 32.1 Å². The van der Waals surface area contributed by atoms with Crippen molar-refractivity contribution in [3.8, 4) is 0 Å². The van der Waals surface area contributed by atoms with Crippen LogP contribution in [0.3, 0.4) is 0 Å². The lowest BCUT2D eigenvalue weighted by molar-refractivity contribution is -0.118. The molecule has 1 fully saturated rings. The molecule has 0 bridgehead atoms. The Bertz CT molecular complexity index is 844. The first kappa shape index (κ1) is 17.7. The van der Waals surface area contributed by atoms with Crippen LogP contribution in [0.2, 0.25) is 0 Å². The van der Waals surface area contributed by atoms with Crippen molar-refractivity contribution >= 4 is 29.0 Å². The molecule has 0 saturated carbocycles. The van der Waals surface area contributed by atoms with Gasteiger partial charge in [0, 0.05) is 19.2 Å². The van der Waals surface area contributed by atoms with Crippen molar-refractivity contribution < 1.29 is 9.59 Å². The lowest BCUT2D eigenvalue weighted by atomic mass is 10.1. The average Bonchev–Trinajstić information content (AvgIpc) is 3.02. The first-order valence-corrected chi connectivity index (χ1v) is 9.65. The number of benzene rings is 1. The number of carbonyl (C=O) groups is 2. The van der Waals surface area contributed by atoms with E-state index >= 15 is 0 Å². The summed E-state index contributed by atoms with van der Waals surface area (Å²) in [5.41, 5.74) is 1.63. The van der Waals surface area contributed by atoms with Crippen LogP contribution in [0, 0.1) is 0 Å². The molecule has 2 aromatic rings. The van der Waals surface area contributed by atoms with Crippen LogP contribution in [-0.4, -0.2) is 41.3 Å². The first-order chi connectivity index (χ1) is 13.2. The van der Waals surface area contributed by atoms with E-state index < -0.39 is 0 Å². The van der Waals surface area contributed by atoms with Gasteiger partial charge in [-0.05, 0) is 50.2 Å². The van der Waals surface area contributed by atoms with E-state index in [4.69, 9.17) is 0 Å². The van der Waals surface area contributed by atoms with Crippen molar-refractivity contribution in [1.29, 1.82) is 0 Å². The molecule has 2 aliphatic rings. The molecule has 1 aromatic carbocycles. The summed E-state index contributed by atoms with van der Waals surface area (Å²) in [5, 5.41) is 2.87. The summed E-state index contributed by atoms with van der Waals surface area (Å²) in [5.74, 6) is 0.225. The molecular weight excluding hydrogens is 340 g/mol. The van der Waals surface area contributed by atoms with E-state index in [0.717, 1.165) is 19.6 Å². The summed E-state index contributed by atoms with van der Waals surface area (Å²) >= 11 is 0. The van der Waals surface area contributed by atoms with Gasteiger partial charge in [0.05, 0.1) is 16.9 Å². The summed E-state index contributed by atoms with van der Waals surface area (Å²) in [6.07, 6.45) is 6.99. The molecular formula is C21H24N4O2. The third-order valence-electron chi connectivity index (χ3n) is 5.23. The quantitative estimate of drug-likeness (QED) is 0.904. The highest BCUT2D eigenvalue weighted by atomic mass is 16.2. The second-order valence-corrected chi connectivity index (χ2v) is 7.08. The van der Waals surface area contributed by atoms with Crippen molar-refractivity contribution in [3.63, 3.8) is 0 Å². The number of nitrogens with zero attached hydrogens (tertiary/aromatic N) is 3. The van der Waals surface area contributed by atoms with Crippen molar-refractivity contribution in [3.05, 3.63) is 48.2 Å². The van der Waals surface area contributed by atoms with Gasteiger partial charge in [0.25, 0.3) is 5.91 Å². The maximum absolute atomic E-state index is 13.2. The zero-order chi connectivity index (χ0) is 18.6. The van der Waals surface area contributed by atoms with E-state index in [0.29, 0.717) is 29.2 Å². The Labute approximate surface area is 159 Å². The van der Waals surface area contributed by atoms with E-state index in [1.54, 1.807) is 29.3 Å². The molecule has 6 heteroatoms. The highest BCUT2D eigenvalue weighted by molar-refractivity contribution is 6.17. The van der Waals surface area contributed by atoms with Gasteiger partial charge in [0.1, 0.15) is 0 Å². The number of para-hydroxylation sites is 1. The third-order valence-corrected chi connectivity index (χ3v) is 5.23. The summed E-state index contributed by atoms with van der Waals surface area (Å²) in [7, 11) is 0. The zero-order valence-electron chi connectivity index (χ0n) is 15.4. The van der Waals surface area contributed by atoms with E-state index in [2.05, 4.69) is 15.2 Å². The predicted molar refractivity (Wildman–Crippen MR) is 105 cm³/mol. The molecule has 27 heavy (non-hydrogen) atoms. The molecule has 1 saturated heterocycles. The normalized spacial score (nSPS) is 17.3. The van der Waals surface area contributed by atoms with Crippen molar-refractivity contribution in [2.75, 3.05) is 29.9 Å². The Kier molecular flexibility index (Phi) is 5.16. The van der Waals surface area contributed by atoms with E-state index in [9.17, 15) is 9.59 Å². The van der Waals surface area contributed by atoms with Gasteiger partial charge in [0.2, 0.25) is 5.91 Å². The number of rotatable bonds is 3. The molecule has 0 atom stereocenters. The molecule has 0 unspecified atom stereocenters. The number of hydrogen-bond acceptors (Lipinski definition) is 4. The van der Waals surface area contributed by atoms with Crippen molar-refractivity contribution in [1.82, 2.24) is 9.88 Å². The topological polar surface area (TPSA) is 65.5 Å². The number of aromatic nitrogens is 1. The van der Waals surface area contributed by atoms with E-state index in [1.807, 2.05) is 18.2 Å². The van der Waals surface area contributed by atoms with Gasteiger partial charge in [-0.25, -0.2) is 4.98 Å². The van der Waals surface area contributed by atoms with Gasteiger partial charge < -0.3 is 10.2 Å². The number of nitrogens with one attached hydrogen (secondary N) is 1. The summed E-state index contributed by atoms with van der Waals surface area (Å²) in [6.45, 7) is 2.85. The van der Waals surface area contributed by atoms with E-state index in [-0.39, 0.29) is 11.8 Å². The maximum atomic E-state index is 13.2. The van der Waals surface area contributed by atoms with Gasteiger partial charge in [-0.3, -0.25) is 14.5 Å². The highest BCUT2D eigenvalue weighted by Gasteiger charge is 2.30. The number of fused-ring (bicyclic) bond motifs is 2. The minimum absolute atomic E-state index is 0.0388. The maximum Gasteiger partial charge on any atom is 0.257 e. The number of pyridine rings is 1. The third kappa shape index (κ3) is 3.71. The largest absolute Gasteiger partial charge is 0.319 e. The summed E-state index contributed by atoms with van der Waals surface area (Å²) in [6, 6.07) is 10.7. The molecule has 0 aliphatic carbocycles. The summed E-state index contributed by atoms with van der Waals surface area (Å²) in [4.78, 5) is 34.2. The second kappa shape index (κ2) is 7.88. The molecule has 0 spiro atoms. The fourth-order valence-electron chi connectivity index (χ4n) is 3.81. The van der Waals surface area contributed by atoms with Crippen LogP contribution >= 0.6 is 0 Å². The minimum Gasteiger partial charge on any atom is -0.319 e.